The highest BCUT2D eigenvalue weighted by atomic mass is 32.2. The van der Waals surface area contributed by atoms with Crippen molar-refractivity contribution in [2.24, 2.45) is 0 Å². The highest BCUT2D eigenvalue weighted by molar-refractivity contribution is 7.84. The lowest BCUT2D eigenvalue weighted by atomic mass is 9.91. The van der Waals surface area contributed by atoms with Crippen LogP contribution in [0.3, 0.4) is 0 Å². The van der Waals surface area contributed by atoms with Gasteiger partial charge in [0.2, 0.25) is 6.04 Å². The number of aromatic amines is 1. The van der Waals surface area contributed by atoms with Crippen molar-refractivity contribution in [2.45, 2.75) is 75.5 Å². The van der Waals surface area contributed by atoms with Crippen LogP contribution < -0.4 is 15.6 Å². The summed E-state index contributed by atoms with van der Waals surface area (Å²) in [6.45, 7) is 12.4. The van der Waals surface area contributed by atoms with Crippen LogP contribution in [-0.4, -0.2) is 35.9 Å². The van der Waals surface area contributed by atoms with Crippen molar-refractivity contribution in [3.63, 3.8) is 0 Å². The van der Waals surface area contributed by atoms with Gasteiger partial charge in [-0.2, -0.15) is 18.3 Å². The van der Waals surface area contributed by atoms with E-state index in [-0.39, 0.29) is 29.0 Å². The Labute approximate surface area is 215 Å². The van der Waals surface area contributed by atoms with E-state index in [0.717, 1.165) is 25.7 Å². The van der Waals surface area contributed by atoms with Crippen LogP contribution in [0.15, 0.2) is 41.3 Å². The number of H-pyrrole nitrogens is 1. The number of nitrogens with zero attached hydrogens (tertiary/aromatic N) is 3. The molecule has 0 saturated heterocycles. The fraction of sp³-hybridized carbons (Fsp3) is 0.480. The number of halogens is 3. The van der Waals surface area contributed by atoms with Gasteiger partial charge in [-0.05, 0) is 57.4 Å². The van der Waals surface area contributed by atoms with Gasteiger partial charge in [0.25, 0.3) is 5.56 Å². The van der Waals surface area contributed by atoms with E-state index in [2.05, 4.69) is 25.0 Å². The number of benzene rings is 1. The van der Waals surface area contributed by atoms with E-state index in [1.807, 2.05) is 0 Å². The first-order chi connectivity index (χ1) is 17.4. The summed E-state index contributed by atoms with van der Waals surface area (Å²) in [5.41, 5.74) is 0.575. The quantitative estimate of drug-likeness (QED) is 0.363. The van der Waals surface area contributed by atoms with E-state index in [1.54, 1.807) is 31.5 Å². The molecule has 37 heavy (non-hydrogen) atoms. The normalized spacial score (nSPS) is 20.4. The third-order valence-corrected chi connectivity index (χ3v) is 7.98. The van der Waals surface area contributed by atoms with Crippen LogP contribution in [0.1, 0.15) is 64.1 Å². The summed E-state index contributed by atoms with van der Waals surface area (Å²) >= 11 is 0. The molecule has 3 aromatic rings. The van der Waals surface area contributed by atoms with Gasteiger partial charge in [0.05, 0.1) is 21.2 Å². The molecule has 0 bridgehead atoms. The van der Waals surface area contributed by atoms with Crippen LogP contribution in [0.5, 0.6) is 0 Å². The smallest absolute Gasteiger partial charge is 0.338 e. The monoisotopic (exact) mass is 534 g/mol. The largest absolute Gasteiger partial charge is 0.408 e. The Balaban J connectivity index is 1.66. The van der Waals surface area contributed by atoms with E-state index in [1.165, 1.54) is 30.5 Å². The van der Waals surface area contributed by atoms with Crippen LogP contribution in [0.4, 0.5) is 24.7 Å². The van der Waals surface area contributed by atoms with Crippen LogP contribution >= 0.6 is 0 Å². The Morgan fingerprint density at radius 1 is 1.16 bits per heavy atom. The molecular formula is C25H29F3N6O2S. The van der Waals surface area contributed by atoms with E-state index < -0.39 is 28.0 Å². The van der Waals surface area contributed by atoms with Gasteiger partial charge in [-0.15, -0.1) is 0 Å². The van der Waals surface area contributed by atoms with Crippen molar-refractivity contribution in [1.82, 2.24) is 19.5 Å². The van der Waals surface area contributed by atoms with Gasteiger partial charge in [0.15, 0.2) is 5.82 Å². The molecule has 3 N–H and O–H groups in total. The van der Waals surface area contributed by atoms with Crippen molar-refractivity contribution in [2.75, 3.05) is 5.32 Å². The number of aromatic nitrogens is 3. The van der Waals surface area contributed by atoms with Gasteiger partial charge in [-0.3, -0.25) is 9.48 Å². The molecule has 1 aromatic carbocycles. The third-order valence-electron chi connectivity index (χ3n) is 6.42. The molecule has 1 aliphatic rings. The minimum atomic E-state index is -4.66. The molecule has 1 aliphatic carbocycles. The summed E-state index contributed by atoms with van der Waals surface area (Å²) < 4.78 is 56.8. The number of nitrogens with one attached hydrogen (secondary N) is 3. The Bertz CT molecular complexity index is 1390. The van der Waals surface area contributed by atoms with E-state index in [9.17, 15) is 22.2 Å². The van der Waals surface area contributed by atoms with Crippen LogP contribution in [0.2, 0.25) is 0 Å². The number of hydrogen-bond acceptors (Lipinski definition) is 4. The number of fused-ring (bicyclic) bond motifs is 1. The standard InChI is InChI=1S/C25H29F3N6O2S/c1-24(2,3)37(36)33-21(25(26,27)28)15-9-11-16(12-10-15)31-22-20-19(13-14-30-23(20)35)34(32-22)18-8-6-5-7-17(18)29-4/h9-14,17-18,21,33H,5-8H2,1-3H3,(H,30,35)(H,31,32)/t17-,18-,21-,37+/m0/s1. The van der Waals surface area contributed by atoms with Crippen LogP contribution in [-0.2, 0) is 11.0 Å². The molecular weight excluding hydrogens is 505 g/mol. The highest BCUT2D eigenvalue weighted by Gasteiger charge is 2.43. The third kappa shape index (κ3) is 5.72. The fourth-order valence-electron chi connectivity index (χ4n) is 4.47. The zero-order valence-electron chi connectivity index (χ0n) is 20.7. The van der Waals surface area contributed by atoms with Gasteiger partial charge < -0.3 is 15.1 Å². The van der Waals surface area contributed by atoms with Crippen molar-refractivity contribution in [1.29, 1.82) is 0 Å². The zero-order chi connectivity index (χ0) is 27.0. The lowest BCUT2D eigenvalue weighted by molar-refractivity contribution is -0.152. The van der Waals surface area contributed by atoms with Crippen molar-refractivity contribution >= 4 is 33.4 Å². The lowest BCUT2D eigenvalue weighted by Gasteiger charge is -2.26. The lowest BCUT2D eigenvalue weighted by Crippen LogP contribution is -2.41. The van der Waals surface area contributed by atoms with Crippen molar-refractivity contribution < 1.29 is 17.4 Å². The molecule has 8 nitrogen and oxygen atoms in total. The minimum Gasteiger partial charge on any atom is -0.338 e. The van der Waals surface area contributed by atoms with Crippen LogP contribution in [0.25, 0.3) is 15.7 Å². The number of pyridine rings is 1. The zero-order valence-corrected chi connectivity index (χ0v) is 21.5. The molecule has 0 amide bonds. The molecule has 0 spiro atoms. The molecule has 12 heteroatoms. The maximum Gasteiger partial charge on any atom is 0.408 e. The van der Waals surface area contributed by atoms with Gasteiger partial charge in [0, 0.05) is 18.3 Å². The summed E-state index contributed by atoms with van der Waals surface area (Å²) in [5.74, 6) is 0.262. The predicted molar refractivity (Wildman–Crippen MR) is 138 cm³/mol. The van der Waals surface area contributed by atoms with Crippen molar-refractivity contribution in [3.05, 3.63) is 63.9 Å². The molecule has 198 valence electrons. The average molecular weight is 535 g/mol. The average Bonchev–Trinajstić information content (AvgIpc) is 3.21. The topological polar surface area (TPSA) is 96.2 Å². The summed E-state index contributed by atoms with van der Waals surface area (Å²) in [6, 6.07) is 4.73. The van der Waals surface area contributed by atoms with Crippen LogP contribution in [0, 0.1) is 6.57 Å². The fourth-order valence-corrected chi connectivity index (χ4v) is 5.31. The van der Waals surface area contributed by atoms with Crippen molar-refractivity contribution in [3.8, 4) is 0 Å². The Hall–Kier alpha value is -3.17. The molecule has 0 unspecified atom stereocenters. The second-order valence-corrected chi connectivity index (χ2v) is 12.1. The Morgan fingerprint density at radius 3 is 2.46 bits per heavy atom. The van der Waals surface area contributed by atoms with Gasteiger partial charge in [-0.1, -0.05) is 18.6 Å². The number of anilines is 2. The second-order valence-electron chi connectivity index (χ2n) is 10.1. The maximum atomic E-state index is 13.8. The highest BCUT2D eigenvalue weighted by Crippen LogP contribution is 2.36. The van der Waals surface area contributed by atoms with E-state index in [4.69, 9.17) is 6.57 Å². The maximum absolute atomic E-state index is 13.8. The number of alkyl halides is 3. The molecule has 1 saturated carbocycles. The minimum absolute atomic E-state index is 0.0917. The molecule has 0 radical (unpaired) electrons. The SMILES string of the molecule is [C-]#[N+][C@H]1CCCC[C@@H]1n1nc(Nc2ccc([C@H](N[S@](=O)C(C)(C)C)C(F)(F)F)cc2)c2c(=O)[nH]ccc21. The summed E-state index contributed by atoms with van der Waals surface area (Å²) in [4.78, 5) is 19.1. The number of rotatable bonds is 6. The summed E-state index contributed by atoms with van der Waals surface area (Å²) in [7, 11) is -1.93. The molecule has 2 heterocycles. The predicted octanol–water partition coefficient (Wildman–Crippen LogP) is 5.53. The van der Waals surface area contributed by atoms with E-state index >= 15 is 0 Å². The first kappa shape index (κ1) is 26.9. The number of hydrogen-bond donors (Lipinski definition) is 3. The molecule has 0 aliphatic heterocycles. The molecule has 4 rings (SSSR count). The van der Waals surface area contributed by atoms with Gasteiger partial charge in [-0.25, -0.2) is 15.5 Å². The Morgan fingerprint density at radius 2 is 1.84 bits per heavy atom. The second kappa shape index (κ2) is 10.3. The molecule has 1 fully saturated rings. The summed E-state index contributed by atoms with van der Waals surface area (Å²) in [5, 5.41) is 8.02. The first-order valence-electron chi connectivity index (χ1n) is 12.0. The van der Waals surface area contributed by atoms with Gasteiger partial charge in [0.1, 0.15) is 17.5 Å². The van der Waals surface area contributed by atoms with Gasteiger partial charge >= 0.3 is 6.18 Å². The van der Waals surface area contributed by atoms with E-state index in [0.29, 0.717) is 16.6 Å². The first-order valence-corrected chi connectivity index (χ1v) is 13.1. The molecule has 4 atom stereocenters. The molecule has 2 aromatic heterocycles. The Kier molecular flexibility index (Phi) is 7.48. The summed E-state index contributed by atoms with van der Waals surface area (Å²) in [6.07, 6.45) is 0.335.